The fourth-order valence-corrected chi connectivity index (χ4v) is 2.81. The number of halogens is 1. The summed E-state index contributed by atoms with van der Waals surface area (Å²) in [6, 6.07) is -2.42. The van der Waals surface area contributed by atoms with E-state index in [1.54, 1.807) is 20.8 Å². The number of ether oxygens (including phenoxy) is 1. The Hall–Kier alpha value is -1.48. The van der Waals surface area contributed by atoms with Gasteiger partial charge in [0.25, 0.3) is 5.91 Å². The highest BCUT2D eigenvalue weighted by Gasteiger charge is 2.58. The number of β-lactam (4-membered cyclic amide) rings is 1. The molecule has 1 aliphatic rings. The standard InChI is InChI=1S/C13H19ClN2O6S/c1-5-7(18)15-8-10(19)16(11(8)22-6(2)17)9(12(20)21)13(3,4)23-14/h8-9,11H,5H2,1-4H3,(H,15,18)(H,20,21). The lowest BCUT2D eigenvalue weighted by Crippen LogP contribution is -2.77. The third kappa shape index (κ3) is 4.08. The van der Waals surface area contributed by atoms with Gasteiger partial charge in [-0.25, -0.2) is 4.79 Å². The first-order valence-corrected chi connectivity index (χ1v) is 8.52. The van der Waals surface area contributed by atoms with E-state index < -0.39 is 46.8 Å². The van der Waals surface area contributed by atoms with Crippen molar-refractivity contribution in [2.24, 2.45) is 0 Å². The van der Waals surface area contributed by atoms with Crippen LogP contribution in [0.15, 0.2) is 0 Å². The van der Waals surface area contributed by atoms with E-state index in [1.165, 1.54) is 0 Å². The van der Waals surface area contributed by atoms with Crippen molar-refractivity contribution in [1.29, 1.82) is 0 Å². The van der Waals surface area contributed by atoms with Gasteiger partial charge in [0.1, 0.15) is 6.04 Å². The van der Waals surface area contributed by atoms with Gasteiger partial charge >= 0.3 is 11.9 Å². The number of nitrogens with one attached hydrogen (secondary N) is 1. The average molecular weight is 367 g/mol. The number of likely N-dealkylation sites (tertiary alicyclic amines) is 1. The van der Waals surface area contributed by atoms with Crippen LogP contribution in [0.1, 0.15) is 34.1 Å². The molecule has 8 nitrogen and oxygen atoms in total. The molecule has 1 aliphatic heterocycles. The van der Waals surface area contributed by atoms with Gasteiger partial charge in [0, 0.05) is 13.3 Å². The van der Waals surface area contributed by atoms with Gasteiger partial charge in [-0.1, -0.05) is 6.92 Å². The van der Waals surface area contributed by atoms with Crippen LogP contribution >= 0.6 is 21.7 Å². The molecule has 3 atom stereocenters. The molecule has 0 radical (unpaired) electrons. The maximum Gasteiger partial charge on any atom is 0.328 e. The lowest BCUT2D eigenvalue weighted by Gasteiger charge is -2.51. The van der Waals surface area contributed by atoms with Gasteiger partial charge < -0.3 is 15.2 Å². The molecule has 0 aromatic rings. The lowest BCUT2D eigenvalue weighted by atomic mass is 9.93. The molecule has 0 aliphatic carbocycles. The van der Waals surface area contributed by atoms with E-state index in [0.717, 1.165) is 22.8 Å². The van der Waals surface area contributed by atoms with Crippen LogP contribution in [0.25, 0.3) is 0 Å². The summed E-state index contributed by atoms with van der Waals surface area (Å²) in [7, 11) is 6.49. The Labute approximate surface area is 142 Å². The van der Waals surface area contributed by atoms with Crippen molar-refractivity contribution >= 4 is 45.4 Å². The number of hydrogen-bond donors (Lipinski definition) is 2. The van der Waals surface area contributed by atoms with Gasteiger partial charge in [-0.2, -0.15) is 0 Å². The molecule has 3 unspecified atom stereocenters. The van der Waals surface area contributed by atoms with Crippen LogP contribution in [-0.4, -0.2) is 56.8 Å². The second kappa shape index (κ2) is 7.39. The SMILES string of the molecule is CCC(=O)NC1C(=O)N(C(C(=O)O)C(C)(C)SCl)C1OC(C)=O. The Balaban J connectivity index is 3.12. The molecule has 0 spiro atoms. The van der Waals surface area contributed by atoms with Crippen molar-refractivity contribution in [2.45, 2.75) is 57.2 Å². The summed E-state index contributed by atoms with van der Waals surface area (Å²) in [5.41, 5.74) is 0. The number of amides is 2. The van der Waals surface area contributed by atoms with Crippen molar-refractivity contribution in [3.05, 3.63) is 0 Å². The molecule has 2 amide bonds. The van der Waals surface area contributed by atoms with Crippen LogP contribution in [0.4, 0.5) is 0 Å². The number of aliphatic carboxylic acids is 1. The highest BCUT2D eigenvalue weighted by Crippen LogP contribution is 2.38. The van der Waals surface area contributed by atoms with Crippen molar-refractivity contribution in [1.82, 2.24) is 10.2 Å². The van der Waals surface area contributed by atoms with Gasteiger partial charge in [0.2, 0.25) is 12.1 Å². The van der Waals surface area contributed by atoms with E-state index in [2.05, 4.69) is 5.32 Å². The topological polar surface area (TPSA) is 113 Å². The molecular formula is C13H19ClN2O6S. The minimum atomic E-state index is -1.32. The third-order valence-electron chi connectivity index (χ3n) is 3.37. The Morgan fingerprint density at radius 3 is 2.43 bits per heavy atom. The molecule has 2 N–H and O–H groups in total. The maximum absolute atomic E-state index is 12.3. The molecule has 130 valence electrons. The van der Waals surface area contributed by atoms with E-state index in [0.29, 0.717) is 0 Å². The number of hydrogen-bond acceptors (Lipinski definition) is 6. The normalized spacial score (nSPS) is 22.1. The molecule has 23 heavy (non-hydrogen) atoms. The molecule has 1 saturated heterocycles. The second-order valence-electron chi connectivity index (χ2n) is 5.57. The van der Waals surface area contributed by atoms with Crippen LogP contribution in [0.5, 0.6) is 0 Å². The minimum absolute atomic E-state index is 0.141. The van der Waals surface area contributed by atoms with Gasteiger partial charge in [0.05, 0.1) is 4.75 Å². The highest BCUT2D eigenvalue weighted by molar-refractivity contribution is 8.22. The molecule has 0 aromatic carbocycles. The molecule has 10 heteroatoms. The Morgan fingerprint density at radius 1 is 1.48 bits per heavy atom. The van der Waals surface area contributed by atoms with Gasteiger partial charge in [-0.05, 0) is 35.5 Å². The van der Waals surface area contributed by atoms with Crippen LogP contribution in [0, 0.1) is 0 Å². The van der Waals surface area contributed by atoms with E-state index in [-0.39, 0.29) is 6.42 Å². The van der Waals surface area contributed by atoms with Crippen molar-refractivity contribution in [3.8, 4) is 0 Å². The van der Waals surface area contributed by atoms with E-state index in [9.17, 15) is 24.3 Å². The summed E-state index contributed by atoms with van der Waals surface area (Å²) in [6.45, 7) is 5.85. The Morgan fingerprint density at radius 2 is 2.04 bits per heavy atom. The zero-order chi connectivity index (χ0) is 17.9. The quantitative estimate of drug-likeness (QED) is 0.504. The van der Waals surface area contributed by atoms with Crippen LogP contribution in [0.3, 0.4) is 0 Å². The first kappa shape index (κ1) is 19.6. The zero-order valence-electron chi connectivity index (χ0n) is 13.2. The van der Waals surface area contributed by atoms with Crippen LogP contribution in [0.2, 0.25) is 0 Å². The average Bonchev–Trinajstić information content (AvgIpc) is 2.47. The summed E-state index contributed by atoms with van der Waals surface area (Å²) >= 11 is 0. The molecule has 1 rings (SSSR count). The first-order valence-electron chi connectivity index (χ1n) is 6.88. The Kier molecular flexibility index (Phi) is 6.29. The maximum atomic E-state index is 12.3. The molecular weight excluding hydrogens is 348 g/mol. The summed E-state index contributed by atoms with van der Waals surface area (Å²) in [5.74, 6) is -3.01. The predicted molar refractivity (Wildman–Crippen MR) is 83.6 cm³/mol. The Bertz CT molecular complexity index is 527. The summed E-state index contributed by atoms with van der Waals surface area (Å²) < 4.78 is 3.99. The zero-order valence-corrected chi connectivity index (χ0v) is 14.7. The largest absolute Gasteiger partial charge is 0.480 e. The van der Waals surface area contributed by atoms with E-state index in [4.69, 9.17) is 15.4 Å². The van der Waals surface area contributed by atoms with Crippen LogP contribution < -0.4 is 5.32 Å². The van der Waals surface area contributed by atoms with Crippen molar-refractivity contribution in [3.63, 3.8) is 0 Å². The number of nitrogens with zero attached hydrogens (tertiary/aromatic N) is 1. The number of carbonyl (C=O) groups is 4. The van der Waals surface area contributed by atoms with Gasteiger partial charge in [-0.3, -0.25) is 19.3 Å². The van der Waals surface area contributed by atoms with Gasteiger partial charge in [-0.15, -0.1) is 0 Å². The van der Waals surface area contributed by atoms with Crippen molar-refractivity contribution in [2.75, 3.05) is 0 Å². The van der Waals surface area contributed by atoms with Gasteiger partial charge in [0.15, 0.2) is 6.04 Å². The fourth-order valence-electron chi connectivity index (χ4n) is 2.26. The third-order valence-corrected chi connectivity index (χ3v) is 5.19. The monoisotopic (exact) mass is 366 g/mol. The first-order chi connectivity index (χ1) is 10.6. The minimum Gasteiger partial charge on any atom is -0.480 e. The number of esters is 1. The molecule has 0 bridgehead atoms. The summed E-state index contributed by atoms with van der Waals surface area (Å²) in [6.07, 6.45) is -1.04. The highest BCUT2D eigenvalue weighted by atomic mass is 35.7. The predicted octanol–water partition coefficient (Wildman–Crippen LogP) is 0.731. The number of carbonyl (C=O) groups excluding carboxylic acids is 3. The number of carboxylic acid groups (broad SMARTS) is 1. The summed E-state index contributed by atoms with van der Waals surface area (Å²) in [4.78, 5) is 47.6. The summed E-state index contributed by atoms with van der Waals surface area (Å²) in [5, 5.41) is 11.9. The second-order valence-corrected chi connectivity index (χ2v) is 7.24. The smallest absolute Gasteiger partial charge is 0.328 e. The molecule has 1 heterocycles. The van der Waals surface area contributed by atoms with Crippen molar-refractivity contribution < 1.29 is 29.0 Å². The number of carboxylic acids is 1. The molecule has 0 saturated carbocycles. The number of rotatable bonds is 7. The fraction of sp³-hybridized carbons (Fsp3) is 0.692. The van der Waals surface area contributed by atoms with Crippen LogP contribution in [-0.2, 0) is 23.9 Å². The van der Waals surface area contributed by atoms with E-state index in [1.807, 2.05) is 0 Å². The molecule has 1 fully saturated rings. The molecule has 0 aromatic heterocycles. The lowest BCUT2D eigenvalue weighted by molar-refractivity contribution is -0.201. The van der Waals surface area contributed by atoms with E-state index >= 15 is 0 Å².